The van der Waals surface area contributed by atoms with Crippen molar-refractivity contribution in [2.75, 3.05) is 0 Å². The van der Waals surface area contributed by atoms with Crippen molar-refractivity contribution < 1.29 is 14.3 Å². The van der Waals surface area contributed by atoms with E-state index < -0.39 is 5.60 Å². The fraction of sp³-hybridized carbons (Fsp3) is 0.458. The maximum Gasteiger partial charge on any atom is 0.293 e. The largest absolute Gasteiger partial charge is 0.508 e. The molecule has 0 aliphatic carbocycles. The van der Waals surface area contributed by atoms with E-state index >= 15 is 0 Å². The Bertz CT molecular complexity index is 992. The quantitative estimate of drug-likeness (QED) is 0.602. The van der Waals surface area contributed by atoms with Gasteiger partial charge in [-0.2, -0.15) is 0 Å². The van der Waals surface area contributed by atoms with Gasteiger partial charge in [0, 0.05) is 12.0 Å². The lowest BCUT2D eigenvalue weighted by molar-refractivity contribution is 0.0637. The number of hydrogen-bond acceptors (Lipinski definition) is 4. The summed E-state index contributed by atoms with van der Waals surface area (Å²) >= 11 is 0. The van der Waals surface area contributed by atoms with Crippen LogP contribution in [-0.2, 0) is 0 Å². The first-order chi connectivity index (χ1) is 13.2. The number of allylic oxidation sites excluding steroid dienone is 4. The molecular formula is C24H30O4. The van der Waals surface area contributed by atoms with E-state index in [-0.39, 0.29) is 17.1 Å². The number of phenolic OH excluding ortho intramolecular Hbond substituents is 1. The first kappa shape index (κ1) is 20.2. The molecule has 0 spiro atoms. The molecule has 1 aliphatic rings. The number of fused-ring (bicyclic) bond motifs is 2. The second-order valence-corrected chi connectivity index (χ2v) is 8.36. The van der Waals surface area contributed by atoms with E-state index in [9.17, 15) is 9.90 Å². The topological polar surface area (TPSA) is 59.7 Å². The molecule has 4 nitrogen and oxygen atoms in total. The van der Waals surface area contributed by atoms with E-state index in [1.165, 1.54) is 23.3 Å². The van der Waals surface area contributed by atoms with Crippen LogP contribution >= 0.6 is 0 Å². The van der Waals surface area contributed by atoms with Crippen LogP contribution in [0.1, 0.15) is 71.8 Å². The third-order valence-corrected chi connectivity index (χ3v) is 5.78. The first-order valence-corrected chi connectivity index (χ1v) is 9.99. The van der Waals surface area contributed by atoms with Crippen molar-refractivity contribution in [3.8, 4) is 11.7 Å². The molecule has 1 N–H and O–H groups in total. The summed E-state index contributed by atoms with van der Waals surface area (Å²) in [6.07, 6.45) is 8.36. The monoisotopic (exact) mass is 382 g/mol. The zero-order valence-electron chi connectivity index (χ0n) is 17.5. The van der Waals surface area contributed by atoms with Crippen LogP contribution in [0.4, 0.5) is 0 Å². The van der Waals surface area contributed by atoms with E-state index in [0.29, 0.717) is 22.5 Å². The molecule has 2 heterocycles. The SMILES string of the molecule is CC(C)=CCC/C(C)=C/CC[C@@]1(C)Oc2oc3cc(O)ccc3c(=O)c2[C@H]1C. The number of ether oxygens (including phenoxy) is 1. The molecule has 0 unspecified atom stereocenters. The van der Waals surface area contributed by atoms with Crippen LogP contribution in [0.5, 0.6) is 11.7 Å². The summed E-state index contributed by atoms with van der Waals surface area (Å²) in [6, 6.07) is 4.57. The molecule has 1 aromatic carbocycles. The molecule has 1 aromatic heterocycles. The van der Waals surface area contributed by atoms with Crippen LogP contribution in [0.15, 0.2) is 50.7 Å². The van der Waals surface area contributed by atoms with Gasteiger partial charge in [0.2, 0.25) is 0 Å². The van der Waals surface area contributed by atoms with Gasteiger partial charge in [0.15, 0.2) is 5.43 Å². The highest BCUT2D eigenvalue weighted by Gasteiger charge is 2.45. The average Bonchev–Trinajstić information content (AvgIpc) is 2.85. The zero-order valence-corrected chi connectivity index (χ0v) is 17.5. The van der Waals surface area contributed by atoms with E-state index in [1.807, 2.05) is 13.8 Å². The van der Waals surface area contributed by atoms with Gasteiger partial charge in [-0.05, 0) is 65.5 Å². The van der Waals surface area contributed by atoms with Crippen LogP contribution in [0, 0.1) is 0 Å². The Morgan fingerprint density at radius 2 is 1.96 bits per heavy atom. The molecule has 0 saturated heterocycles. The standard InChI is InChI=1S/C24H30O4/c1-15(2)8-6-9-16(3)10-7-13-24(5)17(4)21-22(26)19-12-11-18(25)14-20(19)27-23(21)28-24/h8,10-12,14,17,25H,6-7,9,13H2,1-5H3/b16-10+/t17-,24-/m1/s1. The minimum atomic E-state index is -0.485. The highest BCUT2D eigenvalue weighted by Crippen LogP contribution is 2.46. The number of phenols is 1. The lowest BCUT2D eigenvalue weighted by Crippen LogP contribution is -2.33. The Labute approximate surface area is 166 Å². The van der Waals surface area contributed by atoms with E-state index in [4.69, 9.17) is 9.15 Å². The summed E-state index contributed by atoms with van der Waals surface area (Å²) in [4.78, 5) is 12.9. The molecule has 1 aliphatic heterocycles. The molecule has 4 heteroatoms. The Kier molecular flexibility index (Phi) is 5.69. The van der Waals surface area contributed by atoms with Crippen LogP contribution in [0.25, 0.3) is 11.0 Å². The molecule has 0 radical (unpaired) electrons. The van der Waals surface area contributed by atoms with E-state index in [2.05, 4.69) is 32.9 Å². The van der Waals surface area contributed by atoms with Gasteiger partial charge in [0.25, 0.3) is 5.95 Å². The number of aromatic hydroxyl groups is 1. The van der Waals surface area contributed by atoms with E-state index in [0.717, 1.165) is 25.7 Å². The van der Waals surface area contributed by atoms with Crippen LogP contribution < -0.4 is 10.2 Å². The molecule has 0 saturated carbocycles. The summed E-state index contributed by atoms with van der Waals surface area (Å²) in [7, 11) is 0. The van der Waals surface area contributed by atoms with Gasteiger partial charge < -0.3 is 14.3 Å². The zero-order chi connectivity index (χ0) is 20.5. The third kappa shape index (κ3) is 4.01. The summed E-state index contributed by atoms with van der Waals surface area (Å²) in [5.74, 6) is 0.303. The number of hydrogen-bond donors (Lipinski definition) is 1. The molecule has 0 fully saturated rings. The maximum absolute atomic E-state index is 12.9. The molecule has 2 atom stereocenters. The lowest BCUT2D eigenvalue weighted by atomic mass is 9.83. The van der Waals surface area contributed by atoms with Gasteiger partial charge in [-0.3, -0.25) is 4.79 Å². The molecule has 2 aromatic rings. The minimum absolute atomic E-state index is 0.0590. The van der Waals surface area contributed by atoms with Crippen LogP contribution in [-0.4, -0.2) is 10.7 Å². The van der Waals surface area contributed by atoms with Gasteiger partial charge in [-0.1, -0.05) is 30.2 Å². The Morgan fingerprint density at radius 3 is 2.68 bits per heavy atom. The first-order valence-electron chi connectivity index (χ1n) is 9.99. The summed E-state index contributed by atoms with van der Waals surface area (Å²) in [5.41, 5.74) is 3.13. The second kappa shape index (κ2) is 7.86. The maximum atomic E-state index is 12.9. The third-order valence-electron chi connectivity index (χ3n) is 5.78. The second-order valence-electron chi connectivity index (χ2n) is 8.36. The van der Waals surface area contributed by atoms with E-state index in [1.54, 1.807) is 6.07 Å². The molecular weight excluding hydrogens is 352 g/mol. The molecule has 28 heavy (non-hydrogen) atoms. The molecule has 0 bridgehead atoms. The minimum Gasteiger partial charge on any atom is -0.508 e. The van der Waals surface area contributed by atoms with Crippen molar-refractivity contribution in [2.45, 2.75) is 71.8 Å². The predicted molar refractivity (Wildman–Crippen MR) is 113 cm³/mol. The van der Waals surface area contributed by atoms with Gasteiger partial charge >= 0.3 is 0 Å². The van der Waals surface area contributed by atoms with Crippen molar-refractivity contribution in [3.05, 3.63) is 57.3 Å². The Morgan fingerprint density at radius 1 is 1.21 bits per heavy atom. The Balaban J connectivity index is 1.76. The van der Waals surface area contributed by atoms with Crippen LogP contribution in [0.2, 0.25) is 0 Å². The number of rotatable bonds is 6. The fourth-order valence-corrected chi connectivity index (χ4v) is 3.79. The van der Waals surface area contributed by atoms with Gasteiger partial charge in [-0.15, -0.1) is 0 Å². The van der Waals surface area contributed by atoms with Gasteiger partial charge in [-0.25, -0.2) is 0 Å². The summed E-state index contributed by atoms with van der Waals surface area (Å²) < 4.78 is 12.0. The molecule has 0 amide bonds. The molecule has 3 rings (SSSR count). The average molecular weight is 383 g/mol. The van der Waals surface area contributed by atoms with Crippen molar-refractivity contribution in [1.82, 2.24) is 0 Å². The van der Waals surface area contributed by atoms with Crippen molar-refractivity contribution in [2.24, 2.45) is 0 Å². The van der Waals surface area contributed by atoms with Gasteiger partial charge in [0.05, 0.1) is 10.9 Å². The Hall–Kier alpha value is -2.49. The van der Waals surface area contributed by atoms with Crippen molar-refractivity contribution >= 4 is 11.0 Å². The normalized spacial score (nSPS) is 21.5. The summed E-state index contributed by atoms with van der Waals surface area (Å²) in [6.45, 7) is 10.5. The molecule has 150 valence electrons. The fourth-order valence-electron chi connectivity index (χ4n) is 3.79. The predicted octanol–water partition coefficient (Wildman–Crippen LogP) is 6.23. The lowest BCUT2D eigenvalue weighted by Gasteiger charge is -2.27. The number of benzene rings is 1. The highest BCUT2D eigenvalue weighted by molar-refractivity contribution is 5.79. The van der Waals surface area contributed by atoms with Crippen LogP contribution in [0.3, 0.4) is 0 Å². The van der Waals surface area contributed by atoms with Crippen molar-refractivity contribution in [1.29, 1.82) is 0 Å². The van der Waals surface area contributed by atoms with Crippen molar-refractivity contribution in [3.63, 3.8) is 0 Å². The summed E-state index contributed by atoms with van der Waals surface area (Å²) in [5, 5.41) is 10.1. The smallest absolute Gasteiger partial charge is 0.293 e. The highest BCUT2D eigenvalue weighted by atomic mass is 16.6. The van der Waals surface area contributed by atoms with Gasteiger partial charge in [0.1, 0.15) is 16.9 Å².